The molecule has 10 heteroatoms. The van der Waals surface area contributed by atoms with Gasteiger partial charge in [0.15, 0.2) is 0 Å². The summed E-state index contributed by atoms with van der Waals surface area (Å²) in [6.45, 7) is 3.04. The molecule has 1 aliphatic carbocycles. The Labute approximate surface area is 215 Å². The number of halogens is 3. The number of carbonyl (C=O) groups is 1. The second kappa shape index (κ2) is 11.8. The Balaban J connectivity index is 1.36. The largest absolute Gasteiger partial charge is 0.411 e. The number of ether oxygens (including phenoxy) is 1. The minimum Gasteiger partial charge on any atom is -0.393 e. The number of hydrogen-bond donors (Lipinski definition) is 3. The van der Waals surface area contributed by atoms with Crippen LogP contribution in [0.4, 0.5) is 19.0 Å². The van der Waals surface area contributed by atoms with Gasteiger partial charge in [-0.15, -0.1) is 0 Å². The highest BCUT2D eigenvalue weighted by molar-refractivity contribution is 5.99. The highest BCUT2D eigenvalue weighted by Crippen LogP contribution is 2.33. The summed E-state index contributed by atoms with van der Waals surface area (Å²) in [6, 6.07) is 9.88. The fourth-order valence-corrected chi connectivity index (χ4v) is 5.29. The lowest BCUT2D eigenvalue weighted by Gasteiger charge is -2.26. The average Bonchev–Trinajstić information content (AvgIpc) is 3.23. The monoisotopic (exact) mass is 520 g/mol. The number of likely N-dealkylation sites (tertiary alicyclic amines) is 1. The number of nitrogens with one attached hydrogen (secondary N) is 1. The number of pyridine rings is 1. The number of aromatic nitrogens is 1. The number of nitrogens with two attached hydrogens (primary N) is 1. The zero-order valence-electron chi connectivity index (χ0n) is 21.0. The first-order valence-corrected chi connectivity index (χ1v) is 12.8. The molecule has 202 valence electrons. The van der Waals surface area contributed by atoms with E-state index in [1.54, 1.807) is 12.3 Å². The zero-order valence-corrected chi connectivity index (χ0v) is 21.0. The number of nitrogen functional groups attached to an aromatic ring is 1. The van der Waals surface area contributed by atoms with Gasteiger partial charge in [-0.2, -0.15) is 13.2 Å². The van der Waals surface area contributed by atoms with Gasteiger partial charge in [0.05, 0.1) is 18.3 Å². The quantitative estimate of drug-likeness (QED) is 0.456. The van der Waals surface area contributed by atoms with Crippen molar-refractivity contribution in [2.24, 2.45) is 5.92 Å². The van der Waals surface area contributed by atoms with Crippen LogP contribution < -0.4 is 11.1 Å². The molecule has 1 amide bonds. The van der Waals surface area contributed by atoms with Crippen molar-refractivity contribution in [3.63, 3.8) is 0 Å². The number of alkyl halides is 3. The molecule has 2 aliphatic rings. The van der Waals surface area contributed by atoms with Crippen molar-refractivity contribution in [3.05, 3.63) is 47.7 Å². The van der Waals surface area contributed by atoms with Crippen molar-refractivity contribution in [1.82, 2.24) is 15.2 Å². The number of nitrogens with zero attached hydrogens (tertiary/aromatic N) is 2. The molecular formula is C27H35F3N4O3. The second-order valence-electron chi connectivity index (χ2n) is 10.3. The average molecular weight is 521 g/mol. The fourth-order valence-electron chi connectivity index (χ4n) is 5.29. The van der Waals surface area contributed by atoms with E-state index in [1.165, 1.54) is 0 Å². The predicted octanol–water partition coefficient (Wildman–Crippen LogP) is 3.98. The highest BCUT2D eigenvalue weighted by atomic mass is 19.4. The van der Waals surface area contributed by atoms with Gasteiger partial charge in [-0.25, -0.2) is 4.98 Å². The van der Waals surface area contributed by atoms with Crippen LogP contribution in [-0.2, 0) is 4.74 Å². The number of anilines is 1. The van der Waals surface area contributed by atoms with E-state index in [9.17, 15) is 23.1 Å². The summed E-state index contributed by atoms with van der Waals surface area (Å²) < 4.78 is 41.6. The Morgan fingerprint density at radius 1 is 1.16 bits per heavy atom. The van der Waals surface area contributed by atoms with Crippen LogP contribution in [0.5, 0.6) is 0 Å². The third-order valence-electron chi connectivity index (χ3n) is 7.37. The zero-order chi connectivity index (χ0) is 26.6. The Morgan fingerprint density at radius 3 is 2.54 bits per heavy atom. The van der Waals surface area contributed by atoms with Crippen LogP contribution in [0.2, 0.25) is 0 Å². The van der Waals surface area contributed by atoms with Gasteiger partial charge in [0.25, 0.3) is 5.91 Å². The Bertz CT molecular complexity index is 1060. The smallest absolute Gasteiger partial charge is 0.393 e. The molecule has 37 heavy (non-hydrogen) atoms. The maximum Gasteiger partial charge on any atom is 0.411 e. The number of rotatable bonds is 8. The molecule has 4 rings (SSSR count). The molecule has 1 aliphatic heterocycles. The molecule has 1 saturated heterocycles. The van der Waals surface area contributed by atoms with E-state index in [2.05, 4.69) is 34.3 Å². The maximum atomic E-state index is 12.9. The SMILES string of the molecule is C[C@@H]1CN(CCOCC(F)(F)F)C[C@H]1c1ccc(-c2cnc(N)c(C(=O)NC3CCC(O)CC3)c2)cc1. The number of aliphatic hydroxyl groups excluding tert-OH is 1. The molecule has 0 unspecified atom stereocenters. The maximum absolute atomic E-state index is 12.9. The Hall–Kier alpha value is -2.69. The first kappa shape index (κ1) is 27.3. The Morgan fingerprint density at radius 2 is 1.86 bits per heavy atom. The van der Waals surface area contributed by atoms with Crippen LogP contribution in [0.25, 0.3) is 11.1 Å². The fraction of sp³-hybridized carbons (Fsp3) is 0.556. The van der Waals surface area contributed by atoms with E-state index >= 15 is 0 Å². The van der Waals surface area contributed by atoms with Gasteiger partial charge in [0, 0.05) is 43.4 Å². The van der Waals surface area contributed by atoms with Gasteiger partial charge in [-0.1, -0.05) is 31.2 Å². The van der Waals surface area contributed by atoms with E-state index in [0.29, 0.717) is 30.9 Å². The molecule has 1 aromatic carbocycles. The van der Waals surface area contributed by atoms with Crippen LogP contribution >= 0.6 is 0 Å². The second-order valence-corrected chi connectivity index (χ2v) is 10.3. The van der Waals surface area contributed by atoms with E-state index < -0.39 is 12.8 Å². The molecule has 2 aromatic rings. The van der Waals surface area contributed by atoms with Crippen LogP contribution in [0.3, 0.4) is 0 Å². The topological polar surface area (TPSA) is 101 Å². The summed E-state index contributed by atoms with van der Waals surface area (Å²) in [7, 11) is 0. The number of hydrogen-bond acceptors (Lipinski definition) is 6. The summed E-state index contributed by atoms with van der Waals surface area (Å²) in [4.78, 5) is 19.3. The van der Waals surface area contributed by atoms with Crippen molar-refractivity contribution in [1.29, 1.82) is 0 Å². The van der Waals surface area contributed by atoms with Gasteiger partial charge in [-0.05, 0) is 48.8 Å². The molecule has 0 spiro atoms. The van der Waals surface area contributed by atoms with Crippen molar-refractivity contribution in [2.45, 2.75) is 56.8 Å². The number of carbonyl (C=O) groups excluding carboxylic acids is 1. The van der Waals surface area contributed by atoms with E-state index in [4.69, 9.17) is 10.5 Å². The third-order valence-corrected chi connectivity index (χ3v) is 7.37. The molecule has 2 heterocycles. The Kier molecular flexibility index (Phi) is 8.71. The molecule has 1 aromatic heterocycles. The van der Waals surface area contributed by atoms with Crippen molar-refractivity contribution >= 4 is 11.7 Å². The predicted molar refractivity (Wildman–Crippen MR) is 135 cm³/mol. The lowest BCUT2D eigenvalue weighted by atomic mass is 9.89. The van der Waals surface area contributed by atoms with Crippen molar-refractivity contribution in [3.8, 4) is 11.1 Å². The molecule has 0 bridgehead atoms. The van der Waals surface area contributed by atoms with Gasteiger partial charge in [0.1, 0.15) is 12.4 Å². The van der Waals surface area contributed by atoms with Crippen molar-refractivity contribution < 1.29 is 27.8 Å². The first-order valence-electron chi connectivity index (χ1n) is 12.8. The van der Waals surface area contributed by atoms with Gasteiger partial charge in [-0.3, -0.25) is 4.79 Å². The summed E-state index contributed by atoms with van der Waals surface area (Å²) in [5, 5.41) is 12.7. The number of aliphatic hydroxyl groups is 1. The molecular weight excluding hydrogens is 485 g/mol. The van der Waals surface area contributed by atoms with E-state index in [-0.39, 0.29) is 36.4 Å². The molecule has 4 N–H and O–H groups in total. The number of benzene rings is 1. The lowest BCUT2D eigenvalue weighted by Crippen LogP contribution is -2.38. The van der Waals surface area contributed by atoms with E-state index in [1.807, 2.05) is 12.1 Å². The standard InChI is InChI=1S/C27H35F3N4O3/c1-17-14-34(10-11-37-16-27(28,29)30)15-24(17)19-4-2-18(3-5-19)20-12-23(25(31)32-13-20)26(36)33-21-6-8-22(35)9-7-21/h2-5,12-13,17,21-22,24,35H,6-11,14-16H2,1H3,(H2,31,32)(H,33,36)/t17-,21?,22?,24-/m1/s1. The lowest BCUT2D eigenvalue weighted by molar-refractivity contribution is -0.174. The molecule has 0 radical (unpaired) electrons. The molecule has 7 nitrogen and oxygen atoms in total. The highest BCUT2D eigenvalue weighted by Gasteiger charge is 2.31. The van der Waals surface area contributed by atoms with Gasteiger partial charge in [0.2, 0.25) is 0 Å². The minimum atomic E-state index is -4.30. The first-order chi connectivity index (χ1) is 17.6. The summed E-state index contributed by atoms with van der Waals surface area (Å²) in [5.41, 5.74) is 9.21. The molecule has 2 fully saturated rings. The third kappa shape index (κ3) is 7.43. The van der Waals surface area contributed by atoms with Crippen LogP contribution in [0.1, 0.15) is 54.4 Å². The molecule has 2 atom stereocenters. The van der Waals surface area contributed by atoms with Crippen LogP contribution in [-0.4, -0.2) is 72.1 Å². The molecule has 1 saturated carbocycles. The van der Waals surface area contributed by atoms with E-state index in [0.717, 1.165) is 42.6 Å². The van der Waals surface area contributed by atoms with Crippen LogP contribution in [0, 0.1) is 5.92 Å². The van der Waals surface area contributed by atoms with Crippen LogP contribution in [0.15, 0.2) is 36.5 Å². The van der Waals surface area contributed by atoms with Gasteiger partial charge >= 0.3 is 6.18 Å². The van der Waals surface area contributed by atoms with Crippen molar-refractivity contribution in [2.75, 3.05) is 38.6 Å². The number of amides is 1. The van der Waals surface area contributed by atoms with Gasteiger partial charge < -0.3 is 25.8 Å². The normalized spacial score (nSPS) is 24.8. The minimum absolute atomic E-state index is 0.0161. The summed E-state index contributed by atoms with van der Waals surface area (Å²) in [5.74, 6) is 0.552. The summed E-state index contributed by atoms with van der Waals surface area (Å²) in [6.07, 6.45) is -0.120. The summed E-state index contributed by atoms with van der Waals surface area (Å²) >= 11 is 0.